The highest BCUT2D eigenvalue weighted by molar-refractivity contribution is 5.95. The van der Waals surface area contributed by atoms with Crippen LogP contribution in [0.3, 0.4) is 0 Å². The monoisotopic (exact) mass is 264 g/mol. The van der Waals surface area contributed by atoms with Crippen molar-refractivity contribution in [2.75, 3.05) is 18.9 Å². The maximum absolute atomic E-state index is 11.9. The van der Waals surface area contributed by atoms with E-state index in [-0.39, 0.29) is 5.91 Å². The van der Waals surface area contributed by atoms with Gasteiger partial charge >= 0.3 is 0 Å². The molecule has 4 nitrogen and oxygen atoms in total. The van der Waals surface area contributed by atoms with Gasteiger partial charge in [0.05, 0.1) is 12.3 Å². The Labute approximate surface area is 115 Å². The van der Waals surface area contributed by atoms with E-state index < -0.39 is 0 Å². The quantitative estimate of drug-likeness (QED) is 0.588. The topological polar surface area (TPSA) is 64.3 Å². The summed E-state index contributed by atoms with van der Waals surface area (Å²) in [4.78, 5) is 11.9. The molecule has 1 rings (SSSR count). The highest BCUT2D eigenvalue weighted by atomic mass is 16.5. The van der Waals surface area contributed by atoms with E-state index in [4.69, 9.17) is 10.5 Å². The Bertz CT molecular complexity index is 417. The number of ether oxygens (including phenoxy) is 1. The lowest BCUT2D eigenvalue weighted by molar-refractivity contribution is 0.0952. The van der Waals surface area contributed by atoms with E-state index in [0.717, 1.165) is 12.8 Å². The molecule has 0 bridgehead atoms. The molecule has 0 heterocycles. The van der Waals surface area contributed by atoms with Crippen LogP contribution in [-0.2, 0) is 0 Å². The average molecular weight is 264 g/mol. The third-order valence-electron chi connectivity index (χ3n) is 2.82. The predicted molar refractivity (Wildman–Crippen MR) is 78.4 cm³/mol. The molecular formula is C15H24N2O2. The molecule has 0 fully saturated rings. The molecule has 0 aliphatic rings. The molecule has 1 aromatic rings. The molecule has 1 amide bonds. The second kappa shape index (κ2) is 7.67. The first-order valence-corrected chi connectivity index (χ1v) is 6.85. The summed E-state index contributed by atoms with van der Waals surface area (Å²) in [6, 6.07) is 5.13. The van der Waals surface area contributed by atoms with Crippen LogP contribution >= 0.6 is 0 Å². The zero-order valence-corrected chi connectivity index (χ0v) is 12.0. The van der Waals surface area contributed by atoms with Gasteiger partial charge in [-0.15, -0.1) is 0 Å². The molecule has 0 saturated carbocycles. The summed E-state index contributed by atoms with van der Waals surface area (Å²) in [6.45, 7) is 7.51. The minimum Gasteiger partial charge on any atom is -0.492 e. The van der Waals surface area contributed by atoms with Crippen LogP contribution in [0.25, 0.3) is 0 Å². The third kappa shape index (κ3) is 5.20. The second-order valence-corrected chi connectivity index (χ2v) is 4.98. The van der Waals surface area contributed by atoms with Crippen LogP contribution in [0, 0.1) is 5.92 Å². The molecule has 0 aliphatic heterocycles. The van der Waals surface area contributed by atoms with E-state index in [1.54, 1.807) is 18.2 Å². The molecule has 19 heavy (non-hydrogen) atoms. The van der Waals surface area contributed by atoms with Gasteiger partial charge in [0.2, 0.25) is 0 Å². The Morgan fingerprint density at radius 1 is 1.42 bits per heavy atom. The Balaban J connectivity index is 2.50. The van der Waals surface area contributed by atoms with Crippen molar-refractivity contribution >= 4 is 11.6 Å². The second-order valence-electron chi connectivity index (χ2n) is 4.98. The van der Waals surface area contributed by atoms with Gasteiger partial charge in [0.15, 0.2) is 0 Å². The van der Waals surface area contributed by atoms with Gasteiger partial charge in [-0.05, 0) is 43.9 Å². The maximum Gasteiger partial charge on any atom is 0.251 e. The van der Waals surface area contributed by atoms with Crippen molar-refractivity contribution in [3.8, 4) is 5.75 Å². The summed E-state index contributed by atoms with van der Waals surface area (Å²) >= 11 is 0. The minimum absolute atomic E-state index is 0.0847. The first-order valence-electron chi connectivity index (χ1n) is 6.85. The molecule has 0 aromatic heterocycles. The number of carbonyl (C=O) groups is 1. The number of nitrogens with two attached hydrogens (primary N) is 1. The number of hydrogen-bond acceptors (Lipinski definition) is 3. The van der Waals surface area contributed by atoms with Crippen LogP contribution in [0.1, 0.15) is 44.0 Å². The van der Waals surface area contributed by atoms with E-state index in [1.165, 1.54) is 0 Å². The fraction of sp³-hybridized carbons (Fsp3) is 0.533. The van der Waals surface area contributed by atoms with Crippen LogP contribution in [0.4, 0.5) is 5.69 Å². The molecule has 0 atom stereocenters. The van der Waals surface area contributed by atoms with E-state index in [9.17, 15) is 4.79 Å². The van der Waals surface area contributed by atoms with Crippen molar-refractivity contribution in [2.24, 2.45) is 5.92 Å². The van der Waals surface area contributed by atoms with Crippen LogP contribution in [0.15, 0.2) is 18.2 Å². The largest absolute Gasteiger partial charge is 0.492 e. The summed E-state index contributed by atoms with van der Waals surface area (Å²) in [5, 5.41) is 2.90. The lowest BCUT2D eigenvalue weighted by atomic mass is 10.1. The molecular weight excluding hydrogens is 240 g/mol. The third-order valence-corrected chi connectivity index (χ3v) is 2.82. The summed E-state index contributed by atoms with van der Waals surface area (Å²) in [7, 11) is 0. The van der Waals surface area contributed by atoms with Gasteiger partial charge in [0, 0.05) is 12.1 Å². The summed E-state index contributed by atoms with van der Waals surface area (Å²) < 4.78 is 5.34. The highest BCUT2D eigenvalue weighted by Gasteiger charge is 2.08. The number of nitrogens with one attached hydrogen (secondary N) is 1. The first kappa shape index (κ1) is 15.3. The van der Waals surface area contributed by atoms with Gasteiger partial charge < -0.3 is 15.8 Å². The highest BCUT2D eigenvalue weighted by Crippen LogP contribution is 2.22. The predicted octanol–water partition coefficient (Wildman–Crippen LogP) is 2.83. The SMILES string of the molecule is CCOc1ccc(C(=O)NCCCC(C)C)cc1N. The van der Waals surface area contributed by atoms with Crippen molar-refractivity contribution < 1.29 is 9.53 Å². The number of nitrogen functional groups attached to an aromatic ring is 1. The summed E-state index contributed by atoms with van der Waals surface area (Å²) in [6.07, 6.45) is 2.11. The molecule has 0 spiro atoms. The van der Waals surface area contributed by atoms with Gasteiger partial charge in [-0.25, -0.2) is 0 Å². The Morgan fingerprint density at radius 2 is 2.16 bits per heavy atom. The zero-order valence-electron chi connectivity index (χ0n) is 12.0. The number of benzene rings is 1. The number of amides is 1. The molecule has 1 aromatic carbocycles. The van der Waals surface area contributed by atoms with Gasteiger partial charge in [0.1, 0.15) is 5.75 Å². The van der Waals surface area contributed by atoms with Gasteiger partial charge in [0.25, 0.3) is 5.91 Å². The molecule has 106 valence electrons. The number of hydrogen-bond donors (Lipinski definition) is 2. The van der Waals surface area contributed by atoms with Crippen LogP contribution in [-0.4, -0.2) is 19.1 Å². The Hall–Kier alpha value is -1.71. The number of anilines is 1. The maximum atomic E-state index is 11.9. The van der Waals surface area contributed by atoms with Crippen molar-refractivity contribution in [2.45, 2.75) is 33.6 Å². The molecule has 0 aliphatic carbocycles. The summed E-state index contributed by atoms with van der Waals surface area (Å²) in [5.41, 5.74) is 6.91. The van der Waals surface area contributed by atoms with Crippen LogP contribution in [0.2, 0.25) is 0 Å². The van der Waals surface area contributed by atoms with E-state index >= 15 is 0 Å². The Morgan fingerprint density at radius 3 is 2.74 bits per heavy atom. The fourth-order valence-corrected chi connectivity index (χ4v) is 1.79. The van der Waals surface area contributed by atoms with Crippen molar-refractivity contribution in [1.29, 1.82) is 0 Å². The van der Waals surface area contributed by atoms with Gasteiger partial charge in [-0.3, -0.25) is 4.79 Å². The Kier molecular flexibility index (Phi) is 6.19. The smallest absolute Gasteiger partial charge is 0.251 e. The lowest BCUT2D eigenvalue weighted by Gasteiger charge is -2.10. The van der Waals surface area contributed by atoms with E-state index in [0.29, 0.717) is 36.1 Å². The minimum atomic E-state index is -0.0847. The average Bonchev–Trinajstić information content (AvgIpc) is 2.36. The molecule has 4 heteroatoms. The lowest BCUT2D eigenvalue weighted by Crippen LogP contribution is -2.24. The van der Waals surface area contributed by atoms with E-state index in [2.05, 4.69) is 19.2 Å². The fourth-order valence-electron chi connectivity index (χ4n) is 1.79. The van der Waals surface area contributed by atoms with Gasteiger partial charge in [-0.1, -0.05) is 13.8 Å². The van der Waals surface area contributed by atoms with Crippen LogP contribution in [0.5, 0.6) is 5.75 Å². The standard InChI is InChI=1S/C15H24N2O2/c1-4-19-14-8-7-12(10-13(14)16)15(18)17-9-5-6-11(2)3/h7-8,10-11H,4-6,9,16H2,1-3H3,(H,17,18). The zero-order chi connectivity index (χ0) is 14.3. The van der Waals surface area contributed by atoms with Crippen molar-refractivity contribution in [3.05, 3.63) is 23.8 Å². The van der Waals surface area contributed by atoms with Crippen molar-refractivity contribution in [3.63, 3.8) is 0 Å². The molecule has 3 N–H and O–H groups in total. The summed E-state index contributed by atoms with van der Waals surface area (Å²) in [5.74, 6) is 1.20. The molecule has 0 unspecified atom stereocenters. The van der Waals surface area contributed by atoms with Crippen LogP contribution < -0.4 is 15.8 Å². The molecule has 0 saturated heterocycles. The molecule has 0 radical (unpaired) electrons. The number of carbonyl (C=O) groups excluding carboxylic acids is 1. The number of rotatable bonds is 7. The normalized spacial score (nSPS) is 10.5. The first-order chi connectivity index (χ1) is 9.04. The van der Waals surface area contributed by atoms with Crippen molar-refractivity contribution in [1.82, 2.24) is 5.32 Å². The van der Waals surface area contributed by atoms with Gasteiger partial charge in [-0.2, -0.15) is 0 Å². The van der Waals surface area contributed by atoms with E-state index in [1.807, 2.05) is 6.92 Å².